The number of nitrogens with zero attached hydrogens (tertiary/aromatic N) is 4. The standard InChI is InChI=1S/C24H25FN4O2S/c25-21-8-5-19(6-9-21)23-16-24(27-17-26-23)28-11-13-29(14-12-28)32(30,31)22-10-7-18-3-1-2-4-20(18)15-22/h5-10,15-17H,1-4,11-14H2. The predicted octanol–water partition coefficient (Wildman–Crippen LogP) is 3.67. The summed E-state index contributed by atoms with van der Waals surface area (Å²) in [5, 5.41) is 0. The van der Waals surface area contributed by atoms with Gasteiger partial charge in [0, 0.05) is 37.8 Å². The Morgan fingerprint density at radius 1 is 0.812 bits per heavy atom. The van der Waals surface area contributed by atoms with Crippen molar-refractivity contribution in [3.63, 3.8) is 0 Å². The van der Waals surface area contributed by atoms with E-state index in [1.54, 1.807) is 22.5 Å². The first-order valence-corrected chi connectivity index (χ1v) is 12.4. The Labute approximate surface area is 187 Å². The summed E-state index contributed by atoms with van der Waals surface area (Å²) in [7, 11) is -3.52. The summed E-state index contributed by atoms with van der Waals surface area (Å²) in [6.07, 6.45) is 5.77. The van der Waals surface area contributed by atoms with Gasteiger partial charge in [-0.1, -0.05) is 6.07 Å². The maximum absolute atomic E-state index is 13.2. The molecule has 166 valence electrons. The van der Waals surface area contributed by atoms with E-state index in [1.165, 1.54) is 36.0 Å². The molecule has 1 aromatic heterocycles. The molecule has 5 rings (SSSR count). The molecule has 8 heteroatoms. The first-order valence-electron chi connectivity index (χ1n) is 11.0. The van der Waals surface area contributed by atoms with Crippen molar-refractivity contribution in [2.45, 2.75) is 30.6 Å². The average molecular weight is 453 g/mol. The zero-order chi connectivity index (χ0) is 22.1. The number of hydrogen-bond donors (Lipinski definition) is 0. The summed E-state index contributed by atoms with van der Waals surface area (Å²) < 4.78 is 41.3. The number of anilines is 1. The Bertz CT molecular complexity index is 1220. The van der Waals surface area contributed by atoms with Gasteiger partial charge in [0.1, 0.15) is 18.0 Å². The predicted molar refractivity (Wildman–Crippen MR) is 121 cm³/mol. The number of benzene rings is 2. The third-order valence-corrected chi connectivity index (χ3v) is 8.21. The van der Waals surface area contributed by atoms with Gasteiger partial charge in [-0.15, -0.1) is 0 Å². The zero-order valence-electron chi connectivity index (χ0n) is 17.7. The number of rotatable bonds is 4. The van der Waals surface area contributed by atoms with E-state index in [1.807, 2.05) is 18.2 Å². The van der Waals surface area contributed by atoms with E-state index in [2.05, 4.69) is 14.9 Å². The van der Waals surface area contributed by atoms with Crippen LogP contribution in [0.4, 0.5) is 10.2 Å². The third-order valence-electron chi connectivity index (χ3n) is 6.31. The molecule has 2 aromatic carbocycles. The van der Waals surface area contributed by atoms with Crippen LogP contribution < -0.4 is 4.90 Å². The molecule has 1 aliphatic carbocycles. The lowest BCUT2D eigenvalue weighted by atomic mass is 9.92. The van der Waals surface area contributed by atoms with Crippen LogP contribution >= 0.6 is 0 Å². The second-order valence-electron chi connectivity index (χ2n) is 8.30. The topological polar surface area (TPSA) is 66.4 Å². The van der Waals surface area contributed by atoms with E-state index < -0.39 is 10.0 Å². The lowest BCUT2D eigenvalue weighted by Gasteiger charge is -2.34. The van der Waals surface area contributed by atoms with E-state index in [0.29, 0.717) is 36.8 Å². The normalized spacial score (nSPS) is 17.2. The fraction of sp³-hybridized carbons (Fsp3) is 0.333. The van der Waals surface area contributed by atoms with E-state index in [0.717, 1.165) is 30.6 Å². The van der Waals surface area contributed by atoms with Crippen LogP contribution in [0.3, 0.4) is 0 Å². The SMILES string of the molecule is O=S(=O)(c1ccc2c(c1)CCCC2)N1CCN(c2cc(-c3ccc(F)cc3)ncn2)CC1. The highest BCUT2D eigenvalue weighted by molar-refractivity contribution is 7.89. The number of piperazine rings is 1. The molecule has 1 fully saturated rings. The Kier molecular flexibility index (Phi) is 5.65. The highest BCUT2D eigenvalue weighted by Gasteiger charge is 2.29. The van der Waals surface area contributed by atoms with E-state index in [4.69, 9.17) is 0 Å². The number of hydrogen-bond acceptors (Lipinski definition) is 5. The molecule has 0 radical (unpaired) electrons. The van der Waals surface area contributed by atoms with Crippen LogP contribution in [0.15, 0.2) is 59.8 Å². The van der Waals surface area contributed by atoms with Crippen LogP contribution in [0.2, 0.25) is 0 Å². The van der Waals surface area contributed by atoms with Crippen LogP contribution in [0.5, 0.6) is 0 Å². The first-order chi connectivity index (χ1) is 15.5. The molecule has 2 aliphatic rings. The molecule has 0 bridgehead atoms. The molecule has 0 amide bonds. The Morgan fingerprint density at radius 3 is 2.28 bits per heavy atom. The molecule has 2 heterocycles. The van der Waals surface area contributed by atoms with Gasteiger partial charge in [0.15, 0.2) is 0 Å². The van der Waals surface area contributed by atoms with Gasteiger partial charge in [-0.25, -0.2) is 22.8 Å². The van der Waals surface area contributed by atoms with Crippen LogP contribution in [-0.2, 0) is 22.9 Å². The van der Waals surface area contributed by atoms with Crippen LogP contribution in [0.1, 0.15) is 24.0 Å². The summed E-state index contributed by atoms with van der Waals surface area (Å²) in [4.78, 5) is 11.1. The number of fused-ring (bicyclic) bond motifs is 1. The van der Waals surface area contributed by atoms with Crippen molar-refractivity contribution in [3.05, 3.63) is 71.8 Å². The monoisotopic (exact) mass is 452 g/mol. The largest absolute Gasteiger partial charge is 0.354 e. The number of sulfonamides is 1. The summed E-state index contributed by atoms with van der Waals surface area (Å²) in [5.74, 6) is 0.449. The van der Waals surface area contributed by atoms with Gasteiger partial charge in [0.05, 0.1) is 10.6 Å². The van der Waals surface area contributed by atoms with Crippen molar-refractivity contribution >= 4 is 15.8 Å². The van der Waals surface area contributed by atoms with Crippen LogP contribution in [0.25, 0.3) is 11.3 Å². The van der Waals surface area contributed by atoms with Crippen molar-refractivity contribution in [2.24, 2.45) is 0 Å². The van der Waals surface area contributed by atoms with Crippen molar-refractivity contribution in [2.75, 3.05) is 31.1 Å². The Hall–Kier alpha value is -2.84. The number of halogens is 1. The highest BCUT2D eigenvalue weighted by atomic mass is 32.2. The second-order valence-corrected chi connectivity index (χ2v) is 10.2. The van der Waals surface area contributed by atoms with E-state index in [9.17, 15) is 12.8 Å². The quantitative estimate of drug-likeness (QED) is 0.604. The van der Waals surface area contributed by atoms with Gasteiger partial charge in [-0.2, -0.15) is 4.31 Å². The van der Waals surface area contributed by atoms with E-state index in [-0.39, 0.29) is 5.82 Å². The average Bonchev–Trinajstić information content (AvgIpc) is 2.84. The molecule has 0 N–H and O–H groups in total. The molecular formula is C24H25FN4O2S. The van der Waals surface area contributed by atoms with Crippen molar-refractivity contribution in [3.8, 4) is 11.3 Å². The lowest BCUT2D eigenvalue weighted by Crippen LogP contribution is -2.49. The van der Waals surface area contributed by atoms with Gasteiger partial charge in [-0.3, -0.25) is 0 Å². The summed E-state index contributed by atoms with van der Waals surface area (Å²) in [6, 6.07) is 13.6. The molecule has 0 spiro atoms. The van der Waals surface area contributed by atoms with Crippen molar-refractivity contribution in [1.82, 2.24) is 14.3 Å². The third kappa shape index (κ3) is 4.12. The molecule has 1 aliphatic heterocycles. The highest BCUT2D eigenvalue weighted by Crippen LogP contribution is 2.27. The second kappa shape index (κ2) is 8.60. The minimum atomic E-state index is -3.52. The minimum Gasteiger partial charge on any atom is -0.354 e. The first kappa shape index (κ1) is 21.0. The van der Waals surface area contributed by atoms with E-state index >= 15 is 0 Å². The van der Waals surface area contributed by atoms with Crippen LogP contribution in [-0.4, -0.2) is 48.9 Å². The fourth-order valence-electron chi connectivity index (χ4n) is 4.48. The maximum Gasteiger partial charge on any atom is 0.243 e. The van der Waals surface area contributed by atoms with Crippen molar-refractivity contribution in [1.29, 1.82) is 0 Å². The smallest absolute Gasteiger partial charge is 0.243 e. The molecule has 3 aromatic rings. The van der Waals surface area contributed by atoms with Crippen LogP contribution in [0, 0.1) is 5.82 Å². The molecule has 6 nitrogen and oxygen atoms in total. The maximum atomic E-state index is 13.2. The summed E-state index contributed by atoms with van der Waals surface area (Å²) in [6.45, 7) is 1.89. The van der Waals surface area contributed by atoms with Gasteiger partial charge in [0.25, 0.3) is 0 Å². The van der Waals surface area contributed by atoms with Gasteiger partial charge in [0.2, 0.25) is 10.0 Å². The van der Waals surface area contributed by atoms with Crippen molar-refractivity contribution < 1.29 is 12.8 Å². The zero-order valence-corrected chi connectivity index (χ0v) is 18.6. The van der Waals surface area contributed by atoms with Gasteiger partial charge >= 0.3 is 0 Å². The Balaban J connectivity index is 1.30. The molecule has 0 saturated carbocycles. The number of aromatic nitrogens is 2. The molecule has 0 unspecified atom stereocenters. The molecule has 1 saturated heterocycles. The summed E-state index contributed by atoms with van der Waals surface area (Å²) in [5.41, 5.74) is 3.97. The number of aryl methyl sites for hydroxylation is 2. The van der Waals surface area contributed by atoms with Gasteiger partial charge < -0.3 is 4.90 Å². The minimum absolute atomic E-state index is 0.292. The molecule has 32 heavy (non-hydrogen) atoms. The fourth-order valence-corrected chi connectivity index (χ4v) is 5.95. The Morgan fingerprint density at radius 2 is 1.53 bits per heavy atom. The molecule has 0 atom stereocenters. The lowest BCUT2D eigenvalue weighted by molar-refractivity contribution is 0.383. The van der Waals surface area contributed by atoms with Gasteiger partial charge in [-0.05, 0) is 73.2 Å². The molecular weight excluding hydrogens is 427 g/mol. The summed E-state index contributed by atoms with van der Waals surface area (Å²) >= 11 is 0.